The van der Waals surface area contributed by atoms with Gasteiger partial charge in [0.1, 0.15) is 5.75 Å². The van der Waals surface area contributed by atoms with E-state index in [1.807, 2.05) is 51.1 Å². The molecule has 0 atom stereocenters. The van der Waals surface area contributed by atoms with Crippen molar-refractivity contribution in [1.82, 2.24) is 0 Å². The van der Waals surface area contributed by atoms with Crippen LogP contribution in [0.1, 0.15) is 26.3 Å². The molecule has 0 spiro atoms. The summed E-state index contributed by atoms with van der Waals surface area (Å²) in [6, 6.07) is 14.3. The van der Waals surface area contributed by atoms with E-state index in [2.05, 4.69) is 0 Å². The minimum atomic E-state index is -0.313. The zero-order valence-corrected chi connectivity index (χ0v) is 16.3. The van der Waals surface area contributed by atoms with E-state index in [1.54, 1.807) is 23.1 Å². The van der Waals surface area contributed by atoms with Gasteiger partial charge in [-0.05, 0) is 68.4 Å². The number of rotatable bonds is 2. The minimum absolute atomic E-state index is 0.0140. The number of carbonyl (C=O) groups excluding carboxylic acids is 1. The van der Waals surface area contributed by atoms with E-state index >= 15 is 0 Å². The van der Waals surface area contributed by atoms with Crippen molar-refractivity contribution in [2.24, 2.45) is 4.99 Å². The second-order valence-electron chi connectivity index (χ2n) is 6.86. The fraction of sp³-hybridized carbons (Fsp3) is 0.200. The predicted octanol–water partition coefficient (Wildman–Crippen LogP) is 5.32. The van der Waals surface area contributed by atoms with Gasteiger partial charge in [-0.2, -0.15) is 0 Å². The highest BCUT2D eigenvalue weighted by Crippen LogP contribution is 2.37. The number of hydrogen-bond donors (Lipinski definition) is 1. The number of carbonyl (C=O) groups is 1. The normalized spacial score (nSPS) is 18.2. The van der Waals surface area contributed by atoms with Gasteiger partial charge < -0.3 is 5.11 Å². The molecular weight excluding hydrogens is 368 g/mol. The Labute approximate surface area is 162 Å². The quantitative estimate of drug-likeness (QED) is 0.710. The van der Waals surface area contributed by atoms with Crippen LogP contribution < -0.4 is 4.90 Å². The zero-order chi connectivity index (χ0) is 18.9. The van der Waals surface area contributed by atoms with Gasteiger partial charge >= 0.3 is 0 Å². The van der Waals surface area contributed by atoms with E-state index in [1.165, 1.54) is 17.8 Å². The van der Waals surface area contributed by atoms with Gasteiger partial charge in [-0.3, -0.25) is 14.7 Å². The molecule has 1 fully saturated rings. The molecule has 4 nitrogen and oxygen atoms in total. The number of hydrogen-bond acceptors (Lipinski definition) is 4. The maximum absolute atomic E-state index is 13.0. The topological polar surface area (TPSA) is 52.9 Å². The molecule has 0 bridgehead atoms. The molecule has 6 heteroatoms. The fourth-order valence-electron chi connectivity index (χ4n) is 2.40. The fourth-order valence-corrected chi connectivity index (χ4v) is 3.76. The number of aliphatic imine (C=N–C) groups is 1. The highest BCUT2D eigenvalue weighted by Gasteiger charge is 2.35. The Balaban J connectivity index is 2.04. The van der Waals surface area contributed by atoms with Gasteiger partial charge in [-0.15, -0.1) is 0 Å². The van der Waals surface area contributed by atoms with Crippen LogP contribution in [0.5, 0.6) is 5.75 Å². The lowest BCUT2D eigenvalue weighted by molar-refractivity contribution is -0.113. The van der Waals surface area contributed by atoms with E-state index in [9.17, 15) is 9.90 Å². The number of thioether (sulfide) groups is 1. The van der Waals surface area contributed by atoms with Crippen molar-refractivity contribution in [3.63, 3.8) is 0 Å². The van der Waals surface area contributed by atoms with Gasteiger partial charge in [0.2, 0.25) is 0 Å². The number of benzene rings is 2. The molecule has 1 heterocycles. The second kappa shape index (κ2) is 7.17. The van der Waals surface area contributed by atoms with Crippen molar-refractivity contribution in [2.45, 2.75) is 26.3 Å². The molecule has 1 saturated heterocycles. The molecule has 1 amide bonds. The van der Waals surface area contributed by atoms with Crippen LogP contribution in [-0.2, 0) is 4.79 Å². The monoisotopic (exact) mass is 386 g/mol. The average molecular weight is 387 g/mol. The third-order valence-corrected chi connectivity index (χ3v) is 4.79. The molecule has 1 aliphatic rings. The van der Waals surface area contributed by atoms with E-state index in [4.69, 9.17) is 16.6 Å². The number of anilines is 1. The van der Waals surface area contributed by atoms with Crippen LogP contribution in [0.3, 0.4) is 0 Å². The summed E-state index contributed by atoms with van der Waals surface area (Å²) in [5, 5.41) is 10.5. The Kier molecular flexibility index (Phi) is 5.12. The summed E-state index contributed by atoms with van der Waals surface area (Å²) < 4.78 is 0. The standard InChI is InChI=1S/C20H19ClN2O2S/c1-20(2,3)22-19-23(14-7-5-4-6-8-14)18(25)17(26-19)12-13-9-10-16(24)15(21)11-13/h4-12,24H,1-3H3/b17-12-,22-19?. The number of phenols is 1. The highest BCUT2D eigenvalue weighted by atomic mass is 35.5. The lowest BCUT2D eigenvalue weighted by Crippen LogP contribution is -2.30. The molecule has 2 aromatic rings. The molecule has 0 saturated carbocycles. The van der Waals surface area contributed by atoms with Gasteiger partial charge in [0.15, 0.2) is 5.17 Å². The number of amides is 1. The number of phenolic OH excluding ortho intramolecular Hbond substituents is 1. The molecule has 0 aliphatic carbocycles. The summed E-state index contributed by atoms with van der Waals surface area (Å²) in [6.07, 6.45) is 1.76. The van der Waals surface area contributed by atoms with E-state index in [-0.39, 0.29) is 22.2 Å². The van der Waals surface area contributed by atoms with Crippen molar-refractivity contribution in [1.29, 1.82) is 0 Å². The van der Waals surface area contributed by atoms with E-state index in [0.717, 1.165) is 11.3 Å². The molecule has 26 heavy (non-hydrogen) atoms. The first-order chi connectivity index (χ1) is 12.2. The largest absolute Gasteiger partial charge is 0.506 e. The van der Waals surface area contributed by atoms with Gasteiger partial charge in [-0.25, -0.2) is 0 Å². The molecule has 0 radical (unpaired) electrons. The molecule has 1 aliphatic heterocycles. The Bertz CT molecular complexity index is 902. The maximum Gasteiger partial charge on any atom is 0.271 e. The van der Waals surface area contributed by atoms with Crippen molar-refractivity contribution < 1.29 is 9.90 Å². The van der Waals surface area contributed by atoms with Crippen LogP contribution >= 0.6 is 23.4 Å². The van der Waals surface area contributed by atoms with Crippen LogP contribution in [0, 0.1) is 0 Å². The summed E-state index contributed by atoms with van der Waals surface area (Å²) in [5.41, 5.74) is 1.21. The van der Waals surface area contributed by atoms with Crippen molar-refractivity contribution in [2.75, 3.05) is 4.90 Å². The summed E-state index contributed by atoms with van der Waals surface area (Å²) in [7, 11) is 0. The van der Waals surface area contributed by atoms with Crippen LogP contribution in [0.2, 0.25) is 5.02 Å². The number of nitrogens with zero attached hydrogens (tertiary/aromatic N) is 2. The maximum atomic E-state index is 13.0. The van der Waals surface area contributed by atoms with Crippen LogP contribution in [-0.4, -0.2) is 21.7 Å². The van der Waals surface area contributed by atoms with Gasteiger partial charge in [0.05, 0.1) is 21.2 Å². The van der Waals surface area contributed by atoms with Crippen LogP contribution in [0.25, 0.3) is 6.08 Å². The smallest absolute Gasteiger partial charge is 0.271 e. The number of amidine groups is 1. The molecule has 0 aromatic heterocycles. The lowest BCUT2D eigenvalue weighted by atomic mass is 10.1. The number of halogens is 1. The van der Waals surface area contributed by atoms with E-state index < -0.39 is 0 Å². The SMILES string of the molecule is CC(C)(C)N=C1S/C(=C\c2ccc(O)c(Cl)c2)C(=O)N1c1ccccc1. The predicted molar refractivity (Wildman–Crippen MR) is 110 cm³/mol. The molecule has 3 rings (SSSR count). The molecule has 1 N–H and O–H groups in total. The highest BCUT2D eigenvalue weighted by molar-refractivity contribution is 8.19. The summed E-state index contributed by atoms with van der Waals surface area (Å²) >= 11 is 7.31. The zero-order valence-electron chi connectivity index (χ0n) is 14.7. The molecular formula is C20H19ClN2O2S. The van der Waals surface area contributed by atoms with Gasteiger partial charge in [0.25, 0.3) is 5.91 Å². The van der Waals surface area contributed by atoms with Gasteiger partial charge in [0, 0.05) is 0 Å². The summed E-state index contributed by atoms with van der Waals surface area (Å²) in [6.45, 7) is 5.99. The van der Waals surface area contributed by atoms with Crippen molar-refractivity contribution in [3.05, 3.63) is 64.0 Å². The minimum Gasteiger partial charge on any atom is -0.506 e. The number of para-hydroxylation sites is 1. The first-order valence-electron chi connectivity index (χ1n) is 8.12. The third kappa shape index (κ3) is 4.11. The lowest BCUT2D eigenvalue weighted by Gasteiger charge is -2.19. The molecule has 0 unspecified atom stereocenters. The Hall–Kier alpha value is -2.24. The number of aromatic hydroxyl groups is 1. The average Bonchev–Trinajstić information content (AvgIpc) is 2.85. The van der Waals surface area contributed by atoms with Crippen molar-refractivity contribution in [3.8, 4) is 5.75 Å². The second-order valence-corrected chi connectivity index (χ2v) is 8.28. The summed E-state index contributed by atoms with van der Waals surface area (Å²) in [4.78, 5) is 19.9. The van der Waals surface area contributed by atoms with Crippen LogP contribution in [0.15, 0.2) is 58.4 Å². The van der Waals surface area contributed by atoms with Crippen LogP contribution in [0.4, 0.5) is 5.69 Å². The Morgan fingerprint density at radius 3 is 2.46 bits per heavy atom. The molecule has 134 valence electrons. The Morgan fingerprint density at radius 2 is 1.85 bits per heavy atom. The van der Waals surface area contributed by atoms with Gasteiger partial charge in [-0.1, -0.05) is 35.9 Å². The summed E-state index contributed by atoms with van der Waals surface area (Å²) in [5.74, 6) is -0.117. The third-order valence-electron chi connectivity index (χ3n) is 3.52. The molecule has 2 aromatic carbocycles. The van der Waals surface area contributed by atoms with Crippen molar-refractivity contribution >= 4 is 46.2 Å². The first-order valence-corrected chi connectivity index (χ1v) is 9.31. The Morgan fingerprint density at radius 1 is 1.15 bits per heavy atom. The first kappa shape index (κ1) is 18.5. The van der Waals surface area contributed by atoms with E-state index in [0.29, 0.717) is 10.1 Å².